The molecule has 4 heteroatoms. The van der Waals surface area contributed by atoms with Crippen molar-refractivity contribution in [2.45, 2.75) is 19.0 Å². The lowest BCUT2D eigenvalue weighted by molar-refractivity contribution is 0.269. The number of rotatable bonds is 7. The zero-order chi connectivity index (χ0) is 10.9. The van der Waals surface area contributed by atoms with Gasteiger partial charge in [-0.3, -0.25) is 4.98 Å². The van der Waals surface area contributed by atoms with Crippen molar-refractivity contribution in [3.63, 3.8) is 0 Å². The van der Waals surface area contributed by atoms with Crippen LogP contribution in [0.2, 0.25) is 0 Å². The number of aromatic nitrogens is 1. The second-order valence-corrected chi connectivity index (χ2v) is 4.28. The number of nitrogens with zero attached hydrogens (tertiary/aromatic N) is 1. The van der Waals surface area contributed by atoms with E-state index in [1.165, 1.54) is 0 Å². The Morgan fingerprint density at radius 3 is 3.00 bits per heavy atom. The van der Waals surface area contributed by atoms with Crippen molar-refractivity contribution in [1.82, 2.24) is 10.3 Å². The molecule has 0 aliphatic carbocycles. The molecule has 3 nitrogen and oxygen atoms in total. The van der Waals surface area contributed by atoms with Gasteiger partial charge in [0.15, 0.2) is 0 Å². The van der Waals surface area contributed by atoms with Crippen molar-refractivity contribution in [1.29, 1.82) is 0 Å². The van der Waals surface area contributed by atoms with Gasteiger partial charge in [0.1, 0.15) is 0 Å². The molecular formula is C11H18N2OS. The Kier molecular flexibility index (Phi) is 6.39. The number of nitrogens with one attached hydrogen (secondary N) is 1. The van der Waals surface area contributed by atoms with E-state index in [9.17, 15) is 0 Å². The van der Waals surface area contributed by atoms with Crippen LogP contribution in [0.5, 0.6) is 0 Å². The molecule has 0 aromatic carbocycles. The molecule has 1 atom stereocenters. The summed E-state index contributed by atoms with van der Waals surface area (Å²) in [6.07, 6.45) is 4.67. The van der Waals surface area contributed by atoms with E-state index in [2.05, 4.69) is 16.6 Å². The summed E-state index contributed by atoms with van der Waals surface area (Å²) in [5, 5.41) is 12.3. The Balaban J connectivity index is 2.33. The smallest absolute Gasteiger partial charge is 0.0541 e. The molecule has 0 aliphatic rings. The molecular weight excluding hydrogens is 208 g/mol. The Morgan fingerprint density at radius 2 is 2.40 bits per heavy atom. The van der Waals surface area contributed by atoms with Gasteiger partial charge in [-0.2, -0.15) is 11.8 Å². The largest absolute Gasteiger partial charge is 0.396 e. The second kappa shape index (κ2) is 7.68. The van der Waals surface area contributed by atoms with Gasteiger partial charge in [0, 0.05) is 31.1 Å². The predicted octanol–water partition coefficient (Wildman–Crippen LogP) is 1.29. The topological polar surface area (TPSA) is 45.1 Å². The summed E-state index contributed by atoms with van der Waals surface area (Å²) in [6.45, 7) is 1.01. The lowest BCUT2D eigenvalue weighted by atomic mass is 10.2. The SMILES string of the molecule is CSCC(CCO)NCc1ccccn1. The number of pyridine rings is 1. The van der Waals surface area contributed by atoms with Crippen LogP contribution in [0.15, 0.2) is 24.4 Å². The van der Waals surface area contributed by atoms with E-state index in [4.69, 9.17) is 5.11 Å². The first-order valence-corrected chi connectivity index (χ1v) is 6.49. The van der Waals surface area contributed by atoms with Crippen LogP contribution in [0.3, 0.4) is 0 Å². The molecule has 1 rings (SSSR count). The average Bonchev–Trinajstić information content (AvgIpc) is 2.28. The number of aliphatic hydroxyl groups is 1. The van der Waals surface area contributed by atoms with Gasteiger partial charge < -0.3 is 10.4 Å². The lowest BCUT2D eigenvalue weighted by Crippen LogP contribution is -2.32. The van der Waals surface area contributed by atoms with Crippen molar-refractivity contribution in [2.24, 2.45) is 0 Å². The predicted molar refractivity (Wildman–Crippen MR) is 64.9 cm³/mol. The third-order valence-corrected chi connectivity index (χ3v) is 2.88. The molecule has 1 aromatic heterocycles. The number of thioether (sulfide) groups is 1. The normalized spacial score (nSPS) is 12.7. The molecule has 1 unspecified atom stereocenters. The van der Waals surface area contributed by atoms with E-state index >= 15 is 0 Å². The number of aliphatic hydroxyl groups excluding tert-OH is 1. The molecule has 84 valence electrons. The van der Waals surface area contributed by atoms with Gasteiger partial charge in [0.2, 0.25) is 0 Å². The molecule has 0 fully saturated rings. The maximum atomic E-state index is 8.90. The van der Waals surface area contributed by atoms with Gasteiger partial charge in [-0.25, -0.2) is 0 Å². The standard InChI is InChI=1S/C11H18N2OS/c1-15-9-11(5-7-14)13-8-10-4-2-3-6-12-10/h2-4,6,11,13-14H,5,7-9H2,1H3. The van der Waals surface area contributed by atoms with Gasteiger partial charge in [-0.1, -0.05) is 6.07 Å². The Morgan fingerprint density at radius 1 is 1.53 bits per heavy atom. The maximum absolute atomic E-state index is 8.90. The van der Waals surface area contributed by atoms with Crippen LogP contribution in [-0.4, -0.2) is 34.7 Å². The van der Waals surface area contributed by atoms with Gasteiger partial charge in [0.25, 0.3) is 0 Å². The average molecular weight is 226 g/mol. The summed E-state index contributed by atoms with van der Waals surface area (Å²) >= 11 is 1.79. The summed E-state index contributed by atoms with van der Waals surface area (Å²) in [4.78, 5) is 4.24. The van der Waals surface area contributed by atoms with Gasteiger partial charge in [0.05, 0.1) is 5.69 Å². The van der Waals surface area contributed by atoms with Crippen LogP contribution in [0.4, 0.5) is 0 Å². The highest BCUT2D eigenvalue weighted by Crippen LogP contribution is 2.02. The molecule has 0 spiro atoms. The van der Waals surface area contributed by atoms with Crippen LogP contribution >= 0.6 is 11.8 Å². The molecule has 0 amide bonds. The third kappa shape index (κ3) is 5.16. The molecule has 0 radical (unpaired) electrons. The van der Waals surface area contributed by atoms with E-state index in [0.29, 0.717) is 6.04 Å². The highest BCUT2D eigenvalue weighted by Gasteiger charge is 2.06. The fourth-order valence-corrected chi connectivity index (χ4v) is 2.04. The first kappa shape index (κ1) is 12.5. The first-order valence-electron chi connectivity index (χ1n) is 5.10. The van der Waals surface area contributed by atoms with Crippen molar-refractivity contribution in [3.05, 3.63) is 30.1 Å². The minimum absolute atomic E-state index is 0.237. The van der Waals surface area contributed by atoms with Gasteiger partial charge >= 0.3 is 0 Å². The van der Waals surface area contributed by atoms with Gasteiger partial charge in [-0.15, -0.1) is 0 Å². The molecule has 1 aromatic rings. The van der Waals surface area contributed by atoms with E-state index in [0.717, 1.165) is 24.4 Å². The molecule has 0 aliphatic heterocycles. The van der Waals surface area contributed by atoms with Crippen LogP contribution in [-0.2, 0) is 6.54 Å². The highest BCUT2D eigenvalue weighted by molar-refractivity contribution is 7.98. The van der Waals surface area contributed by atoms with Crippen molar-refractivity contribution < 1.29 is 5.11 Å². The van der Waals surface area contributed by atoms with Crippen LogP contribution in [0, 0.1) is 0 Å². The Hall–Kier alpha value is -0.580. The van der Waals surface area contributed by atoms with Crippen LogP contribution in [0.25, 0.3) is 0 Å². The molecule has 2 N–H and O–H groups in total. The van der Waals surface area contributed by atoms with Crippen LogP contribution in [0.1, 0.15) is 12.1 Å². The second-order valence-electron chi connectivity index (χ2n) is 3.37. The molecule has 0 saturated carbocycles. The monoisotopic (exact) mass is 226 g/mol. The number of hydrogen-bond donors (Lipinski definition) is 2. The van der Waals surface area contributed by atoms with E-state index in [1.54, 1.807) is 18.0 Å². The summed E-state index contributed by atoms with van der Waals surface area (Å²) in [7, 11) is 0. The molecule has 0 saturated heterocycles. The Labute approximate surface area is 95.3 Å². The van der Waals surface area contributed by atoms with Crippen LogP contribution < -0.4 is 5.32 Å². The maximum Gasteiger partial charge on any atom is 0.0541 e. The molecule has 1 heterocycles. The summed E-state index contributed by atoms with van der Waals surface area (Å²) in [5.74, 6) is 1.02. The molecule has 15 heavy (non-hydrogen) atoms. The van der Waals surface area contributed by atoms with Crippen molar-refractivity contribution in [2.75, 3.05) is 18.6 Å². The lowest BCUT2D eigenvalue weighted by Gasteiger charge is -2.16. The van der Waals surface area contributed by atoms with E-state index < -0.39 is 0 Å². The first-order chi connectivity index (χ1) is 7.36. The van der Waals surface area contributed by atoms with Crippen molar-refractivity contribution >= 4 is 11.8 Å². The van der Waals surface area contributed by atoms with E-state index in [1.807, 2.05) is 18.2 Å². The molecule has 0 bridgehead atoms. The summed E-state index contributed by atoms with van der Waals surface area (Å²) < 4.78 is 0. The summed E-state index contributed by atoms with van der Waals surface area (Å²) in [6, 6.07) is 6.27. The van der Waals surface area contributed by atoms with E-state index in [-0.39, 0.29) is 6.61 Å². The van der Waals surface area contributed by atoms with Gasteiger partial charge in [-0.05, 0) is 24.8 Å². The third-order valence-electron chi connectivity index (χ3n) is 2.14. The zero-order valence-corrected chi connectivity index (χ0v) is 9.83. The minimum atomic E-state index is 0.237. The number of hydrogen-bond acceptors (Lipinski definition) is 4. The van der Waals surface area contributed by atoms with Crippen molar-refractivity contribution in [3.8, 4) is 0 Å². The highest BCUT2D eigenvalue weighted by atomic mass is 32.2. The minimum Gasteiger partial charge on any atom is -0.396 e. The zero-order valence-electron chi connectivity index (χ0n) is 9.02. The summed E-state index contributed by atoms with van der Waals surface area (Å²) in [5.41, 5.74) is 1.04. The fraction of sp³-hybridized carbons (Fsp3) is 0.545. The Bertz CT molecular complexity index is 250. The quantitative estimate of drug-likeness (QED) is 0.735. The fourth-order valence-electron chi connectivity index (χ4n) is 1.35.